The summed E-state index contributed by atoms with van der Waals surface area (Å²) in [5, 5.41) is 0.792. The van der Waals surface area contributed by atoms with Gasteiger partial charge in [0, 0.05) is 22.6 Å². The quantitative estimate of drug-likeness (QED) is 0.792. The molecule has 0 aromatic heterocycles. The van der Waals surface area contributed by atoms with Crippen molar-refractivity contribution in [3.63, 3.8) is 0 Å². The third kappa shape index (κ3) is 3.60. The van der Waals surface area contributed by atoms with E-state index in [1.165, 1.54) is 0 Å². The second kappa shape index (κ2) is 6.82. The topological polar surface area (TPSA) is 29.3 Å². The van der Waals surface area contributed by atoms with Gasteiger partial charge in [-0.1, -0.05) is 35.9 Å². The lowest BCUT2D eigenvalue weighted by atomic mass is 10.1. The van der Waals surface area contributed by atoms with E-state index in [-0.39, 0.29) is 12.1 Å². The van der Waals surface area contributed by atoms with E-state index < -0.39 is 0 Å². The minimum atomic E-state index is 0.0293. The molecule has 112 valence electrons. The summed E-state index contributed by atoms with van der Waals surface area (Å²) in [6, 6.07) is 14.4. The van der Waals surface area contributed by atoms with Crippen molar-refractivity contribution >= 4 is 33.2 Å². The lowest BCUT2D eigenvalue weighted by Crippen LogP contribution is -2.22. The van der Waals surface area contributed by atoms with Crippen molar-refractivity contribution in [2.24, 2.45) is 5.73 Å². The Morgan fingerprint density at radius 2 is 1.81 bits per heavy atom. The summed E-state index contributed by atoms with van der Waals surface area (Å²) >= 11 is 9.95. The lowest BCUT2D eigenvalue weighted by molar-refractivity contribution is 0.737. The predicted molar refractivity (Wildman–Crippen MR) is 95.0 cm³/mol. The van der Waals surface area contributed by atoms with E-state index >= 15 is 0 Å². The van der Waals surface area contributed by atoms with E-state index in [2.05, 4.69) is 59.1 Å². The third-order valence-corrected chi connectivity index (χ3v) is 4.79. The Labute approximate surface area is 140 Å². The largest absolute Gasteiger partial charge is 0.367 e. The number of hydrogen-bond acceptors (Lipinski definition) is 2. The van der Waals surface area contributed by atoms with Gasteiger partial charge in [0.25, 0.3) is 0 Å². The maximum atomic E-state index is 6.30. The summed E-state index contributed by atoms with van der Waals surface area (Å²) in [4.78, 5) is 2.20. The molecule has 2 nitrogen and oxygen atoms in total. The molecular formula is C17H20BrClN2. The van der Waals surface area contributed by atoms with E-state index in [4.69, 9.17) is 17.3 Å². The zero-order valence-corrected chi connectivity index (χ0v) is 14.8. The van der Waals surface area contributed by atoms with Crippen LogP contribution in [0.1, 0.15) is 37.1 Å². The van der Waals surface area contributed by atoms with Crippen molar-refractivity contribution in [2.75, 3.05) is 11.9 Å². The van der Waals surface area contributed by atoms with Gasteiger partial charge in [-0.2, -0.15) is 0 Å². The molecule has 2 N–H and O–H groups in total. The van der Waals surface area contributed by atoms with E-state index in [1.54, 1.807) is 0 Å². The Kier molecular flexibility index (Phi) is 5.31. The molecule has 2 rings (SSSR count). The highest BCUT2D eigenvalue weighted by Gasteiger charge is 2.17. The summed E-state index contributed by atoms with van der Waals surface area (Å²) in [5.41, 5.74) is 9.28. The molecule has 0 aliphatic rings. The molecule has 0 fully saturated rings. The van der Waals surface area contributed by atoms with E-state index in [1.807, 2.05) is 25.1 Å². The Hall–Kier alpha value is -1.03. The van der Waals surface area contributed by atoms with Gasteiger partial charge in [-0.05, 0) is 59.1 Å². The van der Waals surface area contributed by atoms with Crippen LogP contribution in [0.2, 0.25) is 5.02 Å². The van der Waals surface area contributed by atoms with Gasteiger partial charge in [-0.25, -0.2) is 0 Å². The number of nitrogens with two attached hydrogens (primary N) is 1. The fourth-order valence-corrected chi connectivity index (χ4v) is 3.29. The maximum Gasteiger partial charge on any atom is 0.0526 e. The highest BCUT2D eigenvalue weighted by molar-refractivity contribution is 9.10. The smallest absolute Gasteiger partial charge is 0.0526 e. The number of benzene rings is 2. The zero-order valence-electron chi connectivity index (χ0n) is 12.5. The summed E-state index contributed by atoms with van der Waals surface area (Å²) in [7, 11) is 2.07. The molecule has 0 saturated carbocycles. The van der Waals surface area contributed by atoms with Crippen LogP contribution in [0, 0.1) is 0 Å². The molecule has 0 saturated heterocycles. The zero-order chi connectivity index (χ0) is 15.6. The summed E-state index contributed by atoms with van der Waals surface area (Å²) in [5.74, 6) is 0. The molecule has 0 aliphatic carbocycles. The van der Waals surface area contributed by atoms with Crippen LogP contribution in [0.15, 0.2) is 46.9 Å². The number of anilines is 1. The molecular weight excluding hydrogens is 348 g/mol. The first-order chi connectivity index (χ1) is 9.91. The normalized spacial score (nSPS) is 13.8. The van der Waals surface area contributed by atoms with Crippen LogP contribution in [0.3, 0.4) is 0 Å². The van der Waals surface area contributed by atoms with Crippen molar-refractivity contribution in [1.82, 2.24) is 0 Å². The van der Waals surface area contributed by atoms with E-state index in [0.717, 1.165) is 26.3 Å². The highest BCUT2D eigenvalue weighted by atomic mass is 79.9. The van der Waals surface area contributed by atoms with Crippen molar-refractivity contribution in [3.8, 4) is 0 Å². The maximum absolute atomic E-state index is 6.30. The molecule has 0 aliphatic heterocycles. The highest BCUT2D eigenvalue weighted by Crippen LogP contribution is 2.35. The van der Waals surface area contributed by atoms with Crippen LogP contribution >= 0.6 is 27.5 Å². The first kappa shape index (κ1) is 16.3. The van der Waals surface area contributed by atoms with Gasteiger partial charge in [-0.3, -0.25) is 0 Å². The van der Waals surface area contributed by atoms with Gasteiger partial charge >= 0.3 is 0 Å². The van der Waals surface area contributed by atoms with Crippen LogP contribution in [-0.4, -0.2) is 7.05 Å². The Morgan fingerprint density at radius 1 is 1.14 bits per heavy atom. The molecule has 0 heterocycles. The second-order valence-electron chi connectivity index (χ2n) is 5.31. The van der Waals surface area contributed by atoms with E-state index in [9.17, 15) is 0 Å². The van der Waals surface area contributed by atoms with Gasteiger partial charge in [0.05, 0.1) is 11.7 Å². The molecule has 0 spiro atoms. The van der Waals surface area contributed by atoms with Gasteiger partial charge in [0.2, 0.25) is 0 Å². The molecule has 0 bridgehead atoms. The fraction of sp³-hybridized carbons (Fsp3) is 0.294. The monoisotopic (exact) mass is 366 g/mol. The van der Waals surface area contributed by atoms with Gasteiger partial charge in [-0.15, -0.1) is 0 Å². The molecule has 0 amide bonds. The molecule has 2 aromatic rings. The molecule has 2 aromatic carbocycles. The summed E-state index contributed by atoms with van der Waals surface area (Å²) in [6.45, 7) is 4.13. The Morgan fingerprint density at radius 3 is 2.38 bits per heavy atom. The average molecular weight is 368 g/mol. The van der Waals surface area contributed by atoms with Gasteiger partial charge in [0.1, 0.15) is 0 Å². The predicted octanol–water partition coefficient (Wildman–Crippen LogP) is 5.32. The van der Waals surface area contributed by atoms with Crippen LogP contribution in [0.4, 0.5) is 5.69 Å². The van der Waals surface area contributed by atoms with Crippen LogP contribution in [0.5, 0.6) is 0 Å². The summed E-state index contributed by atoms with van der Waals surface area (Å²) in [6.07, 6.45) is 0. The van der Waals surface area contributed by atoms with Gasteiger partial charge < -0.3 is 10.6 Å². The molecule has 21 heavy (non-hydrogen) atoms. The summed E-state index contributed by atoms with van der Waals surface area (Å²) < 4.78 is 1.04. The second-order valence-corrected chi connectivity index (χ2v) is 6.57. The SMILES string of the molecule is CC(c1ccccc1Cl)N(C)c1ccc([C@@H](C)N)cc1Br. The first-order valence-electron chi connectivity index (χ1n) is 6.94. The van der Waals surface area contributed by atoms with Crippen molar-refractivity contribution < 1.29 is 0 Å². The molecule has 4 heteroatoms. The number of halogens is 2. The van der Waals surface area contributed by atoms with Crippen molar-refractivity contribution in [2.45, 2.75) is 25.9 Å². The molecule has 0 radical (unpaired) electrons. The number of rotatable bonds is 4. The van der Waals surface area contributed by atoms with Crippen LogP contribution < -0.4 is 10.6 Å². The minimum absolute atomic E-state index is 0.0293. The standard InChI is InChI=1S/C17H20BrClN2/c1-11(20)13-8-9-17(15(18)10-13)21(3)12(2)14-6-4-5-7-16(14)19/h4-12H,20H2,1-3H3/t11-,12?/m1/s1. The average Bonchev–Trinajstić information content (AvgIpc) is 2.46. The Bertz CT molecular complexity index is 628. The number of hydrogen-bond donors (Lipinski definition) is 1. The van der Waals surface area contributed by atoms with Crippen molar-refractivity contribution in [1.29, 1.82) is 0 Å². The molecule has 1 unspecified atom stereocenters. The fourth-order valence-electron chi connectivity index (χ4n) is 2.32. The van der Waals surface area contributed by atoms with Crippen molar-refractivity contribution in [3.05, 3.63) is 63.1 Å². The lowest BCUT2D eigenvalue weighted by Gasteiger charge is -2.29. The van der Waals surface area contributed by atoms with E-state index in [0.29, 0.717) is 0 Å². The Balaban J connectivity index is 2.32. The van der Waals surface area contributed by atoms with Crippen LogP contribution in [0.25, 0.3) is 0 Å². The first-order valence-corrected chi connectivity index (χ1v) is 8.11. The van der Waals surface area contributed by atoms with Gasteiger partial charge in [0.15, 0.2) is 0 Å². The number of nitrogens with zero attached hydrogens (tertiary/aromatic N) is 1. The minimum Gasteiger partial charge on any atom is -0.367 e. The van der Waals surface area contributed by atoms with Crippen LogP contribution in [-0.2, 0) is 0 Å². The molecule has 2 atom stereocenters. The third-order valence-electron chi connectivity index (χ3n) is 3.81.